The molecule has 0 aliphatic carbocycles. The fraction of sp³-hybridized carbons (Fsp3) is 0.417. The molecule has 0 fully saturated rings. The van der Waals surface area contributed by atoms with E-state index in [1.807, 2.05) is 0 Å². The minimum atomic E-state index is -1.26. The Hall–Kier alpha value is -1.36. The van der Waals surface area contributed by atoms with Gasteiger partial charge in [-0.05, 0) is 26.3 Å². The number of aliphatic carboxylic acids is 1. The van der Waals surface area contributed by atoms with Crippen LogP contribution in [0.1, 0.15) is 19.4 Å². The summed E-state index contributed by atoms with van der Waals surface area (Å²) in [6.07, 6.45) is -0.227. The average Bonchev–Trinajstić information content (AvgIpc) is 2.25. The van der Waals surface area contributed by atoms with E-state index in [9.17, 15) is 13.6 Å². The number of ether oxygens (including phenoxy) is 1. The minimum Gasteiger partial charge on any atom is -0.495 e. The Morgan fingerprint density at radius 1 is 1.50 bits per heavy atom. The molecule has 0 unspecified atom stereocenters. The third-order valence-electron chi connectivity index (χ3n) is 2.62. The number of hydrogen-bond acceptors (Lipinski definition) is 2. The van der Waals surface area contributed by atoms with Crippen LogP contribution in [0.2, 0.25) is 5.02 Å². The summed E-state index contributed by atoms with van der Waals surface area (Å²) in [4.78, 5) is 11.0. The molecule has 0 heterocycles. The SMILES string of the molecule is COc1c(Cl)cc(F)c(F)c1CC(C)(C)C(=O)O. The lowest BCUT2D eigenvalue weighted by atomic mass is 9.85. The second kappa shape index (κ2) is 5.10. The average molecular weight is 279 g/mol. The summed E-state index contributed by atoms with van der Waals surface area (Å²) < 4.78 is 31.9. The first-order chi connectivity index (χ1) is 8.20. The van der Waals surface area contributed by atoms with Crippen molar-refractivity contribution in [3.63, 3.8) is 0 Å². The van der Waals surface area contributed by atoms with Crippen LogP contribution in [-0.4, -0.2) is 18.2 Å². The number of carboxylic acid groups (broad SMARTS) is 1. The van der Waals surface area contributed by atoms with Crippen molar-refractivity contribution in [2.45, 2.75) is 20.3 Å². The van der Waals surface area contributed by atoms with Gasteiger partial charge in [-0.2, -0.15) is 0 Å². The largest absolute Gasteiger partial charge is 0.495 e. The van der Waals surface area contributed by atoms with Crippen LogP contribution in [0.3, 0.4) is 0 Å². The lowest BCUT2D eigenvalue weighted by Crippen LogP contribution is -2.27. The van der Waals surface area contributed by atoms with Gasteiger partial charge in [-0.25, -0.2) is 8.78 Å². The molecule has 0 aliphatic heterocycles. The van der Waals surface area contributed by atoms with Crippen molar-refractivity contribution < 1.29 is 23.4 Å². The van der Waals surface area contributed by atoms with Crippen molar-refractivity contribution in [3.8, 4) is 5.75 Å². The van der Waals surface area contributed by atoms with Crippen molar-refractivity contribution in [2.75, 3.05) is 7.11 Å². The Kier molecular flexibility index (Phi) is 4.16. The van der Waals surface area contributed by atoms with Gasteiger partial charge in [0.25, 0.3) is 0 Å². The molecule has 1 N–H and O–H groups in total. The van der Waals surface area contributed by atoms with Gasteiger partial charge in [0.1, 0.15) is 5.75 Å². The van der Waals surface area contributed by atoms with Crippen molar-refractivity contribution in [1.82, 2.24) is 0 Å². The summed E-state index contributed by atoms with van der Waals surface area (Å²) in [5.74, 6) is -3.42. The van der Waals surface area contributed by atoms with Gasteiger partial charge in [-0.15, -0.1) is 0 Å². The predicted molar refractivity (Wildman–Crippen MR) is 63.0 cm³/mol. The third kappa shape index (κ3) is 2.72. The number of benzene rings is 1. The molecule has 0 radical (unpaired) electrons. The Bertz CT molecular complexity index is 487. The van der Waals surface area contributed by atoms with Gasteiger partial charge >= 0.3 is 5.97 Å². The Morgan fingerprint density at radius 2 is 2.06 bits per heavy atom. The van der Waals surface area contributed by atoms with Crippen molar-refractivity contribution in [3.05, 3.63) is 28.3 Å². The van der Waals surface area contributed by atoms with E-state index in [1.165, 1.54) is 21.0 Å². The maximum Gasteiger partial charge on any atom is 0.309 e. The predicted octanol–water partition coefficient (Wildman–Crippen LogP) is 3.28. The second-order valence-corrected chi connectivity index (χ2v) is 4.94. The van der Waals surface area contributed by atoms with Crippen LogP contribution in [0, 0.1) is 17.0 Å². The van der Waals surface area contributed by atoms with Gasteiger partial charge in [-0.3, -0.25) is 4.79 Å². The van der Waals surface area contributed by atoms with Gasteiger partial charge in [0.2, 0.25) is 0 Å². The molecule has 0 saturated carbocycles. The van der Waals surface area contributed by atoms with Crippen LogP contribution in [-0.2, 0) is 11.2 Å². The highest BCUT2D eigenvalue weighted by Gasteiger charge is 2.32. The van der Waals surface area contributed by atoms with Crippen LogP contribution in [0.5, 0.6) is 5.75 Å². The van der Waals surface area contributed by atoms with Gasteiger partial charge in [0.15, 0.2) is 11.6 Å². The summed E-state index contributed by atoms with van der Waals surface area (Å²) in [6.45, 7) is 2.82. The van der Waals surface area contributed by atoms with E-state index in [1.54, 1.807) is 0 Å². The Balaban J connectivity index is 3.35. The zero-order chi connectivity index (χ0) is 14.1. The van der Waals surface area contributed by atoms with Gasteiger partial charge in [-0.1, -0.05) is 11.6 Å². The van der Waals surface area contributed by atoms with Crippen LogP contribution in [0.4, 0.5) is 8.78 Å². The van der Waals surface area contributed by atoms with Crippen LogP contribution in [0.25, 0.3) is 0 Å². The van der Waals surface area contributed by atoms with E-state index in [4.69, 9.17) is 21.4 Å². The lowest BCUT2D eigenvalue weighted by Gasteiger charge is -2.21. The van der Waals surface area contributed by atoms with Crippen LogP contribution in [0.15, 0.2) is 6.07 Å². The highest BCUT2D eigenvalue weighted by Crippen LogP contribution is 2.36. The first-order valence-electron chi connectivity index (χ1n) is 5.14. The van der Waals surface area contributed by atoms with Gasteiger partial charge in [0.05, 0.1) is 17.5 Å². The monoisotopic (exact) mass is 278 g/mol. The molecule has 0 spiro atoms. The van der Waals surface area contributed by atoms with E-state index in [2.05, 4.69) is 0 Å². The van der Waals surface area contributed by atoms with Gasteiger partial charge < -0.3 is 9.84 Å². The summed E-state index contributed by atoms with van der Waals surface area (Å²) >= 11 is 5.74. The number of halogens is 3. The first-order valence-corrected chi connectivity index (χ1v) is 5.52. The van der Waals surface area contributed by atoms with Crippen molar-refractivity contribution >= 4 is 17.6 Å². The quantitative estimate of drug-likeness (QED) is 0.860. The van der Waals surface area contributed by atoms with E-state index in [0.29, 0.717) is 0 Å². The maximum atomic E-state index is 13.7. The number of carboxylic acids is 1. The fourth-order valence-corrected chi connectivity index (χ4v) is 1.81. The summed E-state index contributed by atoms with van der Waals surface area (Å²) in [5, 5.41) is 8.92. The molecular formula is C12H13ClF2O3. The molecule has 0 bridgehead atoms. The van der Waals surface area contributed by atoms with Crippen molar-refractivity contribution in [2.24, 2.45) is 5.41 Å². The van der Waals surface area contributed by atoms with Crippen LogP contribution < -0.4 is 4.74 Å². The summed E-state index contributed by atoms with van der Waals surface area (Å²) in [5.41, 5.74) is -1.43. The zero-order valence-corrected chi connectivity index (χ0v) is 10.9. The molecule has 3 nitrogen and oxygen atoms in total. The molecule has 0 atom stereocenters. The number of methoxy groups -OCH3 is 1. The molecule has 18 heavy (non-hydrogen) atoms. The summed E-state index contributed by atoms with van der Waals surface area (Å²) in [6, 6.07) is 0.799. The lowest BCUT2D eigenvalue weighted by molar-refractivity contribution is -0.146. The van der Waals surface area contributed by atoms with E-state index in [-0.39, 0.29) is 22.8 Å². The van der Waals surface area contributed by atoms with Crippen molar-refractivity contribution in [1.29, 1.82) is 0 Å². The van der Waals surface area contributed by atoms with Crippen LogP contribution >= 0.6 is 11.6 Å². The highest BCUT2D eigenvalue weighted by molar-refractivity contribution is 6.32. The molecule has 0 aliphatic rings. The molecule has 1 rings (SSSR count). The second-order valence-electron chi connectivity index (χ2n) is 4.53. The standard InChI is InChI=1S/C12H13ClF2O3/c1-12(2,11(16)17)5-6-9(15)8(14)4-7(13)10(6)18-3/h4H,5H2,1-3H3,(H,16,17). The molecule has 1 aromatic rings. The fourth-order valence-electron chi connectivity index (χ4n) is 1.52. The number of hydrogen-bond donors (Lipinski definition) is 1. The van der Waals surface area contributed by atoms with E-state index >= 15 is 0 Å². The first kappa shape index (κ1) is 14.7. The number of rotatable bonds is 4. The third-order valence-corrected chi connectivity index (χ3v) is 2.90. The molecule has 0 saturated heterocycles. The Labute approximate surface area is 108 Å². The number of carbonyl (C=O) groups is 1. The summed E-state index contributed by atoms with van der Waals surface area (Å²) in [7, 11) is 1.26. The van der Waals surface area contributed by atoms with Gasteiger partial charge in [0, 0.05) is 5.56 Å². The molecule has 1 aromatic carbocycles. The molecular weight excluding hydrogens is 266 g/mol. The topological polar surface area (TPSA) is 46.5 Å². The van der Waals surface area contributed by atoms with E-state index in [0.717, 1.165) is 6.07 Å². The highest BCUT2D eigenvalue weighted by atomic mass is 35.5. The zero-order valence-electron chi connectivity index (χ0n) is 10.2. The minimum absolute atomic E-state index is 0.0371. The van der Waals surface area contributed by atoms with E-state index < -0.39 is 23.0 Å². The maximum absolute atomic E-state index is 13.7. The molecule has 0 amide bonds. The molecule has 6 heteroatoms. The normalized spacial score (nSPS) is 11.4. The molecule has 100 valence electrons. The molecule has 0 aromatic heterocycles. The smallest absolute Gasteiger partial charge is 0.309 e. The Morgan fingerprint density at radius 3 is 2.50 bits per heavy atom.